The van der Waals surface area contributed by atoms with Crippen LogP contribution in [-0.2, 0) is 0 Å². The lowest BCUT2D eigenvalue weighted by atomic mass is 10.2. The molecule has 4 rings (SSSR count). The van der Waals surface area contributed by atoms with Crippen molar-refractivity contribution in [2.75, 3.05) is 0 Å². The molecule has 0 radical (unpaired) electrons. The number of nitrogens with zero attached hydrogens (tertiary/aromatic N) is 4. The Morgan fingerprint density at radius 3 is 2.91 bits per heavy atom. The number of oxazole rings is 1. The highest BCUT2D eigenvalue weighted by Gasteiger charge is 2.12. The van der Waals surface area contributed by atoms with E-state index in [4.69, 9.17) is 4.42 Å². The van der Waals surface area contributed by atoms with Gasteiger partial charge in [0.2, 0.25) is 5.89 Å². The molecular formula is C16H14N4OS. The SMILES string of the molecule is CC(C)n1nnc2cc(-c3nc(-c4cccs4)co3)ccc21. The first-order chi connectivity index (χ1) is 10.7. The molecule has 0 aliphatic carbocycles. The van der Waals surface area contributed by atoms with Crippen molar-refractivity contribution in [2.45, 2.75) is 19.9 Å². The molecule has 1 aromatic carbocycles. The van der Waals surface area contributed by atoms with Gasteiger partial charge >= 0.3 is 0 Å². The quantitative estimate of drug-likeness (QED) is 0.563. The fourth-order valence-electron chi connectivity index (χ4n) is 2.40. The van der Waals surface area contributed by atoms with Gasteiger partial charge in [0.1, 0.15) is 17.5 Å². The van der Waals surface area contributed by atoms with Crippen LogP contribution in [0, 0.1) is 0 Å². The highest BCUT2D eigenvalue weighted by molar-refractivity contribution is 7.13. The van der Waals surface area contributed by atoms with E-state index < -0.39 is 0 Å². The van der Waals surface area contributed by atoms with Gasteiger partial charge in [0, 0.05) is 11.6 Å². The van der Waals surface area contributed by atoms with Gasteiger partial charge in [-0.25, -0.2) is 9.67 Å². The Hall–Kier alpha value is -2.47. The maximum Gasteiger partial charge on any atom is 0.226 e. The first-order valence-electron chi connectivity index (χ1n) is 7.07. The zero-order valence-electron chi connectivity index (χ0n) is 12.2. The van der Waals surface area contributed by atoms with Crippen LogP contribution >= 0.6 is 11.3 Å². The first kappa shape index (κ1) is 13.2. The van der Waals surface area contributed by atoms with Crippen molar-refractivity contribution < 1.29 is 4.42 Å². The second-order valence-corrected chi connectivity index (χ2v) is 6.29. The summed E-state index contributed by atoms with van der Waals surface area (Å²) in [7, 11) is 0. The van der Waals surface area contributed by atoms with Gasteiger partial charge in [-0.2, -0.15) is 0 Å². The highest BCUT2D eigenvalue weighted by Crippen LogP contribution is 2.29. The van der Waals surface area contributed by atoms with Crippen LogP contribution in [-0.4, -0.2) is 20.0 Å². The topological polar surface area (TPSA) is 56.7 Å². The summed E-state index contributed by atoms with van der Waals surface area (Å²) in [5.41, 5.74) is 3.63. The van der Waals surface area contributed by atoms with Gasteiger partial charge in [0.15, 0.2) is 0 Å². The zero-order chi connectivity index (χ0) is 15.1. The van der Waals surface area contributed by atoms with Crippen LogP contribution in [0.15, 0.2) is 46.4 Å². The molecule has 22 heavy (non-hydrogen) atoms. The van der Waals surface area contributed by atoms with Crippen LogP contribution < -0.4 is 0 Å². The largest absolute Gasteiger partial charge is 0.444 e. The predicted octanol–water partition coefficient (Wildman–Crippen LogP) is 4.40. The third kappa shape index (κ3) is 2.12. The molecule has 0 saturated heterocycles. The lowest BCUT2D eigenvalue weighted by molar-refractivity contribution is 0.530. The van der Waals surface area contributed by atoms with Crippen molar-refractivity contribution in [1.82, 2.24) is 20.0 Å². The van der Waals surface area contributed by atoms with Gasteiger partial charge < -0.3 is 4.42 Å². The molecule has 0 aliphatic heterocycles. The molecule has 3 heterocycles. The normalized spacial score (nSPS) is 11.6. The van der Waals surface area contributed by atoms with Gasteiger partial charge in [0.05, 0.1) is 10.4 Å². The smallest absolute Gasteiger partial charge is 0.226 e. The monoisotopic (exact) mass is 310 g/mol. The summed E-state index contributed by atoms with van der Waals surface area (Å²) in [5.74, 6) is 0.601. The fourth-order valence-corrected chi connectivity index (χ4v) is 3.08. The van der Waals surface area contributed by atoms with Crippen LogP contribution in [0.3, 0.4) is 0 Å². The third-order valence-corrected chi connectivity index (χ3v) is 4.38. The maximum absolute atomic E-state index is 5.62. The average Bonchev–Trinajstić information content (AvgIpc) is 3.25. The Balaban J connectivity index is 1.75. The summed E-state index contributed by atoms with van der Waals surface area (Å²) in [6.07, 6.45) is 1.69. The second kappa shape index (κ2) is 5.06. The summed E-state index contributed by atoms with van der Waals surface area (Å²) < 4.78 is 7.53. The Bertz CT molecular complexity index is 921. The summed E-state index contributed by atoms with van der Waals surface area (Å²) in [6.45, 7) is 4.17. The number of fused-ring (bicyclic) bond motifs is 1. The number of thiophene rings is 1. The molecule has 110 valence electrons. The van der Waals surface area contributed by atoms with Gasteiger partial charge in [-0.05, 0) is 43.5 Å². The van der Waals surface area contributed by atoms with E-state index in [1.165, 1.54) is 0 Å². The first-order valence-corrected chi connectivity index (χ1v) is 7.95. The van der Waals surface area contributed by atoms with Crippen molar-refractivity contribution >= 4 is 22.4 Å². The van der Waals surface area contributed by atoms with Crippen LogP contribution in [0.25, 0.3) is 33.1 Å². The molecule has 0 bridgehead atoms. The number of benzene rings is 1. The lowest BCUT2D eigenvalue weighted by Crippen LogP contribution is -2.02. The minimum absolute atomic E-state index is 0.281. The van der Waals surface area contributed by atoms with Crippen LogP contribution in [0.4, 0.5) is 0 Å². The molecule has 6 heteroatoms. The predicted molar refractivity (Wildman–Crippen MR) is 86.7 cm³/mol. The molecule has 0 fully saturated rings. The van der Waals surface area contributed by atoms with E-state index in [1.54, 1.807) is 17.6 Å². The van der Waals surface area contributed by atoms with Crippen molar-refractivity contribution in [1.29, 1.82) is 0 Å². The lowest BCUT2D eigenvalue weighted by Gasteiger charge is -2.04. The molecular weight excluding hydrogens is 296 g/mol. The van der Waals surface area contributed by atoms with E-state index >= 15 is 0 Å². The van der Waals surface area contributed by atoms with Gasteiger partial charge in [-0.1, -0.05) is 11.3 Å². The van der Waals surface area contributed by atoms with E-state index in [0.717, 1.165) is 27.2 Å². The maximum atomic E-state index is 5.62. The van der Waals surface area contributed by atoms with E-state index in [1.807, 2.05) is 40.4 Å². The Kier molecular flexibility index (Phi) is 3.04. The number of rotatable bonds is 3. The minimum Gasteiger partial charge on any atom is -0.444 e. The van der Waals surface area contributed by atoms with E-state index in [-0.39, 0.29) is 6.04 Å². The molecule has 0 saturated carbocycles. The van der Waals surface area contributed by atoms with Gasteiger partial charge in [-0.3, -0.25) is 0 Å². The molecule has 0 aliphatic rings. The zero-order valence-corrected chi connectivity index (χ0v) is 13.0. The van der Waals surface area contributed by atoms with Crippen LogP contribution in [0.1, 0.15) is 19.9 Å². The van der Waals surface area contributed by atoms with Gasteiger partial charge in [0.25, 0.3) is 0 Å². The average molecular weight is 310 g/mol. The van der Waals surface area contributed by atoms with Crippen molar-refractivity contribution in [3.05, 3.63) is 42.0 Å². The number of aromatic nitrogens is 4. The van der Waals surface area contributed by atoms with E-state index in [0.29, 0.717) is 5.89 Å². The molecule has 0 N–H and O–H groups in total. The van der Waals surface area contributed by atoms with Crippen LogP contribution in [0.5, 0.6) is 0 Å². The van der Waals surface area contributed by atoms with E-state index in [9.17, 15) is 0 Å². The molecule has 4 aromatic rings. The fraction of sp³-hybridized carbons (Fsp3) is 0.188. The minimum atomic E-state index is 0.281. The summed E-state index contributed by atoms with van der Waals surface area (Å²) in [5, 5.41) is 10.4. The highest BCUT2D eigenvalue weighted by atomic mass is 32.1. The van der Waals surface area contributed by atoms with Crippen molar-refractivity contribution in [2.24, 2.45) is 0 Å². The second-order valence-electron chi connectivity index (χ2n) is 5.35. The van der Waals surface area contributed by atoms with Gasteiger partial charge in [-0.15, -0.1) is 16.4 Å². The summed E-state index contributed by atoms with van der Waals surface area (Å²) >= 11 is 1.65. The molecule has 3 aromatic heterocycles. The molecule has 0 atom stereocenters. The Labute approximate surface area is 131 Å². The standard InChI is InChI=1S/C16H14N4OS/c1-10(2)20-14-6-5-11(8-12(14)18-19-20)16-17-13(9-21-16)15-4-3-7-22-15/h3-10H,1-2H3. The number of hydrogen-bond acceptors (Lipinski definition) is 5. The molecule has 0 spiro atoms. The summed E-state index contributed by atoms with van der Waals surface area (Å²) in [4.78, 5) is 5.66. The van der Waals surface area contributed by atoms with Crippen molar-refractivity contribution in [3.63, 3.8) is 0 Å². The molecule has 0 amide bonds. The van der Waals surface area contributed by atoms with E-state index in [2.05, 4.69) is 29.1 Å². The molecule has 5 nitrogen and oxygen atoms in total. The molecule has 0 unspecified atom stereocenters. The summed E-state index contributed by atoms with van der Waals surface area (Å²) in [6, 6.07) is 10.3. The number of hydrogen-bond donors (Lipinski definition) is 0. The van der Waals surface area contributed by atoms with Crippen molar-refractivity contribution in [3.8, 4) is 22.0 Å². The Morgan fingerprint density at radius 2 is 2.14 bits per heavy atom. The third-order valence-electron chi connectivity index (χ3n) is 3.48. The van der Waals surface area contributed by atoms with Crippen LogP contribution in [0.2, 0.25) is 0 Å². The Morgan fingerprint density at radius 1 is 1.23 bits per heavy atom.